The minimum atomic E-state index is 0.731. The van der Waals surface area contributed by atoms with Gasteiger partial charge in [-0.25, -0.2) is 0 Å². The van der Waals surface area contributed by atoms with E-state index in [1.807, 2.05) is 42.7 Å². The first kappa shape index (κ1) is 10.4. The summed E-state index contributed by atoms with van der Waals surface area (Å²) in [6.07, 6.45) is 3.67. The third-order valence-electron chi connectivity index (χ3n) is 2.58. The number of nitrogens with zero attached hydrogens (tertiary/aromatic N) is 3. The highest BCUT2D eigenvalue weighted by atomic mass is 79.9. The molecule has 0 amide bonds. The molecule has 0 aliphatic carbocycles. The van der Waals surface area contributed by atoms with E-state index in [4.69, 9.17) is 0 Å². The molecule has 2 aromatic heterocycles. The van der Waals surface area contributed by atoms with Gasteiger partial charge in [0.2, 0.25) is 0 Å². The number of aromatic nitrogens is 3. The molecule has 0 N–H and O–H groups in total. The van der Waals surface area contributed by atoms with E-state index in [0.29, 0.717) is 0 Å². The van der Waals surface area contributed by atoms with Gasteiger partial charge < -0.3 is 0 Å². The van der Waals surface area contributed by atoms with Crippen LogP contribution in [-0.2, 0) is 0 Å². The number of halogens is 1. The van der Waals surface area contributed by atoms with Crippen LogP contribution in [0.3, 0.4) is 0 Å². The van der Waals surface area contributed by atoms with Crippen molar-refractivity contribution in [3.63, 3.8) is 0 Å². The van der Waals surface area contributed by atoms with Gasteiger partial charge in [0.1, 0.15) is 4.60 Å². The van der Waals surface area contributed by atoms with Gasteiger partial charge in [0.25, 0.3) is 0 Å². The topological polar surface area (TPSA) is 38.7 Å². The minimum Gasteiger partial charge on any atom is -0.263 e. The second-order valence-corrected chi connectivity index (χ2v) is 4.46. The second-order valence-electron chi connectivity index (χ2n) is 3.65. The molecule has 3 aromatic rings. The Bertz CT molecular complexity index is 660. The molecule has 17 heavy (non-hydrogen) atoms. The highest BCUT2D eigenvalue weighted by Crippen LogP contribution is 2.25. The van der Waals surface area contributed by atoms with E-state index in [0.717, 1.165) is 26.6 Å². The van der Waals surface area contributed by atoms with Crippen molar-refractivity contribution in [3.05, 3.63) is 53.4 Å². The third kappa shape index (κ3) is 1.91. The summed E-state index contributed by atoms with van der Waals surface area (Å²) in [5, 5.41) is 10.4. The Morgan fingerprint density at radius 1 is 0.882 bits per heavy atom. The van der Waals surface area contributed by atoms with E-state index >= 15 is 0 Å². The van der Waals surface area contributed by atoms with Gasteiger partial charge in [0.15, 0.2) is 0 Å². The molecular weight excluding hydrogens is 278 g/mol. The summed E-state index contributed by atoms with van der Waals surface area (Å²) in [6, 6.07) is 11.9. The van der Waals surface area contributed by atoms with E-state index in [2.05, 4.69) is 37.2 Å². The number of hydrogen-bond donors (Lipinski definition) is 0. The fourth-order valence-electron chi connectivity index (χ4n) is 1.78. The van der Waals surface area contributed by atoms with Crippen molar-refractivity contribution in [2.24, 2.45) is 0 Å². The van der Waals surface area contributed by atoms with Crippen LogP contribution in [0.5, 0.6) is 0 Å². The van der Waals surface area contributed by atoms with Crippen LogP contribution in [0.4, 0.5) is 0 Å². The standard InChI is InChI=1S/C13H8BrN3/c14-13-6-5-12(16-17-13)11-8-15-7-9-3-1-2-4-10(9)11/h1-8H. The van der Waals surface area contributed by atoms with Crippen LogP contribution in [0.2, 0.25) is 0 Å². The molecule has 0 aliphatic heterocycles. The van der Waals surface area contributed by atoms with E-state index in [9.17, 15) is 0 Å². The average molecular weight is 286 g/mol. The summed E-state index contributed by atoms with van der Waals surface area (Å²) in [6.45, 7) is 0. The fourth-order valence-corrected chi connectivity index (χ4v) is 1.99. The van der Waals surface area contributed by atoms with Crippen LogP contribution in [-0.4, -0.2) is 15.2 Å². The molecule has 0 saturated carbocycles. The van der Waals surface area contributed by atoms with Crippen LogP contribution in [0.1, 0.15) is 0 Å². The average Bonchev–Trinajstić information content (AvgIpc) is 2.39. The molecular formula is C13H8BrN3. The quantitative estimate of drug-likeness (QED) is 0.687. The minimum absolute atomic E-state index is 0.731. The number of benzene rings is 1. The zero-order chi connectivity index (χ0) is 11.7. The van der Waals surface area contributed by atoms with Crippen molar-refractivity contribution in [3.8, 4) is 11.3 Å². The molecule has 82 valence electrons. The predicted octanol–water partition coefficient (Wildman–Crippen LogP) is 3.45. The molecule has 3 rings (SSSR count). The molecule has 0 fully saturated rings. The number of hydrogen-bond acceptors (Lipinski definition) is 3. The Kier molecular flexibility index (Phi) is 2.57. The van der Waals surface area contributed by atoms with Crippen LogP contribution < -0.4 is 0 Å². The lowest BCUT2D eigenvalue weighted by molar-refractivity contribution is 1.01. The Balaban J connectivity index is 2.27. The molecule has 0 radical (unpaired) electrons. The molecule has 4 heteroatoms. The van der Waals surface area contributed by atoms with Crippen molar-refractivity contribution >= 4 is 26.7 Å². The highest BCUT2D eigenvalue weighted by molar-refractivity contribution is 9.10. The summed E-state index contributed by atoms with van der Waals surface area (Å²) >= 11 is 3.28. The predicted molar refractivity (Wildman–Crippen MR) is 70.5 cm³/mol. The summed E-state index contributed by atoms with van der Waals surface area (Å²) in [7, 11) is 0. The van der Waals surface area contributed by atoms with E-state index in [-0.39, 0.29) is 0 Å². The van der Waals surface area contributed by atoms with Crippen molar-refractivity contribution in [2.75, 3.05) is 0 Å². The van der Waals surface area contributed by atoms with Gasteiger partial charge in [-0.05, 0) is 33.4 Å². The molecule has 2 heterocycles. The maximum absolute atomic E-state index is 4.23. The second kappa shape index (κ2) is 4.22. The van der Waals surface area contributed by atoms with E-state index in [1.54, 1.807) is 0 Å². The number of pyridine rings is 1. The van der Waals surface area contributed by atoms with Gasteiger partial charge in [-0.1, -0.05) is 24.3 Å². The lowest BCUT2D eigenvalue weighted by atomic mass is 10.1. The SMILES string of the molecule is Brc1ccc(-c2cncc3ccccc23)nn1. The molecule has 1 aromatic carbocycles. The zero-order valence-corrected chi connectivity index (χ0v) is 10.4. The van der Waals surface area contributed by atoms with Crippen LogP contribution >= 0.6 is 15.9 Å². The van der Waals surface area contributed by atoms with Crippen LogP contribution in [0, 0.1) is 0 Å². The third-order valence-corrected chi connectivity index (χ3v) is 3.00. The molecule has 0 bridgehead atoms. The van der Waals surface area contributed by atoms with Gasteiger partial charge in [0.05, 0.1) is 5.69 Å². The smallest absolute Gasteiger partial charge is 0.128 e. The van der Waals surface area contributed by atoms with Gasteiger partial charge in [-0.3, -0.25) is 4.98 Å². The zero-order valence-electron chi connectivity index (χ0n) is 8.84. The van der Waals surface area contributed by atoms with Crippen LogP contribution in [0.15, 0.2) is 53.4 Å². The molecule has 0 aliphatic rings. The number of rotatable bonds is 1. The van der Waals surface area contributed by atoms with E-state index in [1.165, 1.54) is 0 Å². The molecule has 3 nitrogen and oxygen atoms in total. The summed E-state index contributed by atoms with van der Waals surface area (Å²) < 4.78 is 0.731. The van der Waals surface area contributed by atoms with Crippen molar-refractivity contribution in [1.82, 2.24) is 15.2 Å². The molecule has 0 atom stereocenters. The first-order chi connectivity index (χ1) is 8.34. The highest BCUT2D eigenvalue weighted by Gasteiger charge is 2.05. The maximum atomic E-state index is 4.23. The summed E-state index contributed by atoms with van der Waals surface area (Å²) in [4.78, 5) is 4.23. The first-order valence-corrected chi connectivity index (χ1v) is 5.96. The fraction of sp³-hybridized carbons (Fsp3) is 0. The van der Waals surface area contributed by atoms with Crippen LogP contribution in [0.25, 0.3) is 22.0 Å². The maximum Gasteiger partial charge on any atom is 0.128 e. The molecule has 0 spiro atoms. The summed E-state index contributed by atoms with van der Waals surface area (Å²) in [5.74, 6) is 0. The monoisotopic (exact) mass is 285 g/mol. The molecule has 0 saturated heterocycles. The Morgan fingerprint density at radius 2 is 1.76 bits per heavy atom. The Morgan fingerprint density at radius 3 is 2.59 bits per heavy atom. The van der Waals surface area contributed by atoms with Crippen molar-refractivity contribution in [2.45, 2.75) is 0 Å². The lowest BCUT2D eigenvalue weighted by Gasteiger charge is -2.04. The number of fused-ring (bicyclic) bond motifs is 1. The van der Waals surface area contributed by atoms with Gasteiger partial charge in [-0.2, -0.15) is 0 Å². The van der Waals surface area contributed by atoms with Crippen molar-refractivity contribution < 1.29 is 0 Å². The lowest BCUT2D eigenvalue weighted by Crippen LogP contribution is -1.89. The van der Waals surface area contributed by atoms with Gasteiger partial charge in [-0.15, -0.1) is 10.2 Å². The molecule has 0 unspecified atom stereocenters. The van der Waals surface area contributed by atoms with Gasteiger partial charge in [0, 0.05) is 23.3 Å². The normalized spacial score (nSPS) is 10.6. The Hall–Kier alpha value is -1.81. The van der Waals surface area contributed by atoms with E-state index < -0.39 is 0 Å². The van der Waals surface area contributed by atoms with Gasteiger partial charge >= 0.3 is 0 Å². The van der Waals surface area contributed by atoms with Crippen molar-refractivity contribution in [1.29, 1.82) is 0 Å². The Labute approximate surface area is 107 Å². The first-order valence-electron chi connectivity index (χ1n) is 5.17. The largest absolute Gasteiger partial charge is 0.263 e. The summed E-state index contributed by atoms with van der Waals surface area (Å²) in [5.41, 5.74) is 1.83.